The summed E-state index contributed by atoms with van der Waals surface area (Å²) >= 11 is 0. The molecule has 0 saturated heterocycles. The van der Waals surface area contributed by atoms with Gasteiger partial charge in [0.25, 0.3) is 0 Å². The number of hydrogen-bond acceptors (Lipinski definition) is 5. The highest BCUT2D eigenvalue weighted by atomic mass is 16.4. The normalized spacial score (nSPS) is 18.5. The molecule has 0 spiro atoms. The van der Waals surface area contributed by atoms with Crippen molar-refractivity contribution in [1.29, 1.82) is 0 Å². The first-order chi connectivity index (χ1) is 7.20. The standard InChI is InChI=1S/C9H20N2O5/c1-5(12)10(6(2)13)9(16)11(7(3)14)8(4)15/h5-8,12-15H,1-4H3. The fraction of sp³-hybridized carbons (Fsp3) is 0.889. The fourth-order valence-corrected chi connectivity index (χ4v) is 1.40. The van der Waals surface area contributed by atoms with Gasteiger partial charge in [-0.25, -0.2) is 4.79 Å². The number of nitrogens with zero attached hydrogens (tertiary/aromatic N) is 2. The van der Waals surface area contributed by atoms with Gasteiger partial charge in [-0.3, -0.25) is 9.80 Å². The lowest BCUT2D eigenvalue weighted by atomic mass is 10.4. The van der Waals surface area contributed by atoms with Gasteiger partial charge in [-0.2, -0.15) is 0 Å². The van der Waals surface area contributed by atoms with Crippen molar-refractivity contribution in [3.63, 3.8) is 0 Å². The molecule has 0 heterocycles. The molecule has 0 radical (unpaired) electrons. The van der Waals surface area contributed by atoms with Gasteiger partial charge < -0.3 is 20.4 Å². The number of hydrogen-bond donors (Lipinski definition) is 4. The van der Waals surface area contributed by atoms with E-state index < -0.39 is 30.9 Å². The van der Waals surface area contributed by atoms with E-state index in [4.69, 9.17) is 0 Å². The summed E-state index contributed by atoms with van der Waals surface area (Å²) in [5.41, 5.74) is 0. The smallest absolute Gasteiger partial charge is 0.328 e. The van der Waals surface area contributed by atoms with Crippen LogP contribution >= 0.6 is 0 Å². The van der Waals surface area contributed by atoms with E-state index in [0.717, 1.165) is 9.80 Å². The minimum Gasteiger partial charge on any atom is -0.374 e. The Morgan fingerprint density at radius 3 is 1.06 bits per heavy atom. The average molecular weight is 236 g/mol. The summed E-state index contributed by atoms with van der Waals surface area (Å²) < 4.78 is 0. The highest BCUT2D eigenvalue weighted by molar-refractivity contribution is 5.75. The van der Waals surface area contributed by atoms with Crippen LogP contribution in [0.15, 0.2) is 0 Å². The van der Waals surface area contributed by atoms with E-state index in [1.807, 2.05) is 0 Å². The first-order valence-corrected chi connectivity index (χ1v) is 5.03. The van der Waals surface area contributed by atoms with E-state index in [9.17, 15) is 25.2 Å². The molecule has 4 unspecified atom stereocenters. The van der Waals surface area contributed by atoms with Crippen LogP contribution in [0.2, 0.25) is 0 Å². The Hall–Kier alpha value is -0.890. The van der Waals surface area contributed by atoms with Crippen LogP contribution in [-0.4, -0.2) is 61.2 Å². The Morgan fingerprint density at radius 2 is 0.938 bits per heavy atom. The molecule has 0 saturated carbocycles. The maximum Gasteiger partial charge on any atom is 0.328 e. The number of aliphatic hydroxyl groups excluding tert-OH is 4. The fourth-order valence-electron chi connectivity index (χ4n) is 1.40. The van der Waals surface area contributed by atoms with Crippen molar-refractivity contribution in [2.75, 3.05) is 0 Å². The number of rotatable bonds is 4. The molecular weight excluding hydrogens is 216 g/mol. The average Bonchev–Trinajstić information content (AvgIpc) is 1.99. The largest absolute Gasteiger partial charge is 0.374 e. The molecule has 2 amide bonds. The third-order valence-electron chi connectivity index (χ3n) is 2.05. The molecular formula is C9H20N2O5. The predicted molar refractivity (Wildman–Crippen MR) is 55.8 cm³/mol. The Balaban J connectivity index is 4.96. The van der Waals surface area contributed by atoms with Gasteiger partial charge in [0.2, 0.25) is 0 Å². The Kier molecular flexibility index (Phi) is 5.66. The molecule has 0 aromatic heterocycles. The highest BCUT2D eigenvalue weighted by Gasteiger charge is 2.31. The predicted octanol–water partition coefficient (Wildman–Crippen LogP) is -0.936. The number of carbonyl (C=O) groups excluding carboxylic acids is 1. The van der Waals surface area contributed by atoms with Crippen LogP contribution in [0.1, 0.15) is 27.7 Å². The topological polar surface area (TPSA) is 104 Å². The maximum absolute atomic E-state index is 11.8. The molecule has 0 rings (SSSR count). The van der Waals surface area contributed by atoms with Crippen LogP contribution in [0.25, 0.3) is 0 Å². The molecule has 4 N–H and O–H groups in total. The summed E-state index contributed by atoms with van der Waals surface area (Å²) in [5.74, 6) is 0. The van der Waals surface area contributed by atoms with Crippen LogP contribution in [0.3, 0.4) is 0 Å². The second-order valence-electron chi connectivity index (χ2n) is 3.62. The van der Waals surface area contributed by atoms with E-state index in [1.54, 1.807) is 0 Å². The van der Waals surface area contributed by atoms with Crippen LogP contribution in [0.4, 0.5) is 4.79 Å². The maximum atomic E-state index is 11.8. The lowest BCUT2D eigenvalue weighted by Crippen LogP contribution is -2.56. The van der Waals surface area contributed by atoms with Gasteiger partial charge in [-0.1, -0.05) is 0 Å². The van der Waals surface area contributed by atoms with Gasteiger partial charge in [0.15, 0.2) is 0 Å². The minimum atomic E-state index is -1.23. The zero-order chi connectivity index (χ0) is 13.0. The Morgan fingerprint density at radius 1 is 0.750 bits per heavy atom. The zero-order valence-electron chi connectivity index (χ0n) is 9.90. The van der Waals surface area contributed by atoms with Crippen LogP contribution in [0, 0.1) is 0 Å². The van der Waals surface area contributed by atoms with Crippen molar-refractivity contribution in [2.45, 2.75) is 52.6 Å². The summed E-state index contributed by atoms with van der Waals surface area (Å²) in [4.78, 5) is 13.3. The van der Waals surface area contributed by atoms with Gasteiger partial charge in [0, 0.05) is 0 Å². The lowest BCUT2D eigenvalue weighted by Gasteiger charge is -2.36. The molecule has 0 aliphatic rings. The van der Waals surface area contributed by atoms with Crippen LogP contribution in [0.5, 0.6) is 0 Å². The second-order valence-corrected chi connectivity index (χ2v) is 3.62. The summed E-state index contributed by atoms with van der Waals surface area (Å²) in [6, 6.07) is -0.852. The molecule has 7 heteroatoms. The molecule has 16 heavy (non-hydrogen) atoms. The second kappa shape index (κ2) is 6.00. The van der Waals surface area contributed by atoms with E-state index >= 15 is 0 Å². The van der Waals surface area contributed by atoms with Crippen molar-refractivity contribution >= 4 is 6.03 Å². The molecule has 7 nitrogen and oxygen atoms in total. The van der Waals surface area contributed by atoms with Crippen molar-refractivity contribution in [3.05, 3.63) is 0 Å². The summed E-state index contributed by atoms with van der Waals surface area (Å²) in [5, 5.41) is 37.3. The van der Waals surface area contributed by atoms with Gasteiger partial charge in [0.05, 0.1) is 0 Å². The molecule has 0 fully saturated rings. The van der Waals surface area contributed by atoms with E-state index in [2.05, 4.69) is 0 Å². The van der Waals surface area contributed by atoms with Crippen molar-refractivity contribution in [3.8, 4) is 0 Å². The van der Waals surface area contributed by atoms with Crippen molar-refractivity contribution < 1.29 is 25.2 Å². The van der Waals surface area contributed by atoms with Crippen LogP contribution < -0.4 is 0 Å². The first-order valence-electron chi connectivity index (χ1n) is 5.03. The highest BCUT2D eigenvalue weighted by Crippen LogP contribution is 2.11. The van der Waals surface area contributed by atoms with Gasteiger partial charge in [-0.15, -0.1) is 0 Å². The molecule has 4 atom stereocenters. The molecule has 0 aliphatic heterocycles. The summed E-state index contributed by atoms with van der Waals surface area (Å²) in [7, 11) is 0. The third kappa shape index (κ3) is 3.60. The zero-order valence-corrected chi connectivity index (χ0v) is 9.90. The van der Waals surface area contributed by atoms with E-state index in [1.165, 1.54) is 27.7 Å². The lowest BCUT2D eigenvalue weighted by molar-refractivity contribution is -0.102. The Bertz CT molecular complexity index is 192. The molecule has 0 aromatic rings. The number of urea groups is 1. The number of amides is 2. The summed E-state index contributed by atoms with van der Waals surface area (Å²) in [6.45, 7) is 5.19. The van der Waals surface area contributed by atoms with Gasteiger partial charge in [0.1, 0.15) is 24.9 Å². The third-order valence-corrected chi connectivity index (χ3v) is 2.05. The quantitative estimate of drug-likeness (QED) is 0.472. The monoisotopic (exact) mass is 236 g/mol. The number of aliphatic hydroxyl groups is 4. The summed E-state index contributed by atoms with van der Waals surface area (Å²) in [6.07, 6.45) is -4.92. The molecule has 96 valence electrons. The van der Waals surface area contributed by atoms with E-state index in [-0.39, 0.29) is 0 Å². The van der Waals surface area contributed by atoms with Crippen LogP contribution in [-0.2, 0) is 0 Å². The van der Waals surface area contributed by atoms with Gasteiger partial charge >= 0.3 is 6.03 Å². The number of carbonyl (C=O) groups is 1. The van der Waals surface area contributed by atoms with Gasteiger partial charge in [-0.05, 0) is 27.7 Å². The SMILES string of the molecule is CC(O)N(C(=O)N(C(C)O)C(C)O)C(C)O. The Labute approximate surface area is 94.5 Å². The van der Waals surface area contributed by atoms with Crippen molar-refractivity contribution in [2.24, 2.45) is 0 Å². The minimum absolute atomic E-state index is 0.736. The molecule has 0 bridgehead atoms. The molecule has 0 aromatic carbocycles. The van der Waals surface area contributed by atoms with Crippen molar-refractivity contribution in [1.82, 2.24) is 9.80 Å². The first kappa shape index (κ1) is 15.1. The molecule has 0 aliphatic carbocycles. The van der Waals surface area contributed by atoms with E-state index in [0.29, 0.717) is 0 Å².